The lowest BCUT2D eigenvalue weighted by molar-refractivity contribution is 0.00197. The van der Waals surface area contributed by atoms with Gasteiger partial charge in [0.25, 0.3) is 5.91 Å². The number of aromatic nitrogens is 1. The molecule has 2 aliphatic heterocycles. The van der Waals surface area contributed by atoms with Crippen molar-refractivity contribution in [2.24, 2.45) is 0 Å². The van der Waals surface area contributed by atoms with Crippen LogP contribution in [0.4, 0.5) is 9.59 Å². The number of benzene rings is 2. The summed E-state index contributed by atoms with van der Waals surface area (Å²) in [6.45, 7) is 9.40. The molecule has 40 heavy (non-hydrogen) atoms. The number of rotatable bonds is 5. The van der Waals surface area contributed by atoms with Crippen molar-refractivity contribution in [3.8, 4) is 16.9 Å². The van der Waals surface area contributed by atoms with Gasteiger partial charge in [-0.2, -0.15) is 0 Å². The van der Waals surface area contributed by atoms with E-state index in [1.807, 2.05) is 94.4 Å². The summed E-state index contributed by atoms with van der Waals surface area (Å²) in [7, 11) is 0. The van der Waals surface area contributed by atoms with Gasteiger partial charge < -0.3 is 28.7 Å². The molecule has 9 heteroatoms. The molecule has 2 aromatic carbocycles. The molecule has 9 nitrogen and oxygen atoms in total. The largest absolute Gasteiger partial charge is 0.448 e. The molecular formula is C31H36N4O5. The molecule has 210 valence electrons. The molecule has 3 heterocycles. The maximum Gasteiger partial charge on any atom is 0.410 e. The third-order valence-electron chi connectivity index (χ3n) is 7.15. The predicted molar refractivity (Wildman–Crippen MR) is 151 cm³/mol. The van der Waals surface area contributed by atoms with Crippen LogP contribution in [0.25, 0.3) is 16.9 Å². The van der Waals surface area contributed by atoms with Crippen LogP contribution in [0, 0.1) is 6.92 Å². The lowest BCUT2D eigenvalue weighted by Gasteiger charge is -2.42. The van der Waals surface area contributed by atoms with Crippen molar-refractivity contribution < 1.29 is 23.9 Å². The Labute approximate surface area is 234 Å². The van der Waals surface area contributed by atoms with E-state index in [2.05, 4.69) is 4.57 Å². The first-order chi connectivity index (χ1) is 19.1. The van der Waals surface area contributed by atoms with Gasteiger partial charge in [-0.15, -0.1) is 0 Å². The van der Waals surface area contributed by atoms with E-state index in [0.29, 0.717) is 31.8 Å². The molecule has 1 atom stereocenters. The van der Waals surface area contributed by atoms with Gasteiger partial charge in [0.1, 0.15) is 12.2 Å². The summed E-state index contributed by atoms with van der Waals surface area (Å²) in [6, 6.07) is 21.4. The van der Waals surface area contributed by atoms with Crippen LogP contribution in [-0.4, -0.2) is 88.3 Å². The number of ether oxygens (including phenoxy) is 2. The number of aryl methyl sites for hydroxylation is 1. The van der Waals surface area contributed by atoms with E-state index in [1.165, 1.54) is 0 Å². The van der Waals surface area contributed by atoms with E-state index in [0.717, 1.165) is 22.6 Å². The van der Waals surface area contributed by atoms with Gasteiger partial charge in [-0.3, -0.25) is 4.79 Å². The zero-order valence-electron chi connectivity index (χ0n) is 23.5. The van der Waals surface area contributed by atoms with Crippen molar-refractivity contribution in [2.75, 3.05) is 39.3 Å². The Morgan fingerprint density at radius 1 is 0.975 bits per heavy atom. The third-order valence-corrected chi connectivity index (χ3v) is 7.15. The Morgan fingerprint density at radius 2 is 1.65 bits per heavy atom. The second-order valence-electron chi connectivity index (χ2n) is 11.2. The minimum atomic E-state index is -0.638. The van der Waals surface area contributed by atoms with E-state index in [-0.39, 0.29) is 19.0 Å². The summed E-state index contributed by atoms with van der Waals surface area (Å²) in [6.07, 6.45) is -0.831. The Morgan fingerprint density at radius 3 is 2.27 bits per heavy atom. The third kappa shape index (κ3) is 5.68. The molecule has 0 spiro atoms. The molecule has 0 saturated carbocycles. The van der Waals surface area contributed by atoms with Gasteiger partial charge in [-0.25, -0.2) is 9.59 Å². The highest BCUT2D eigenvalue weighted by Crippen LogP contribution is 2.33. The summed E-state index contributed by atoms with van der Waals surface area (Å²) < 4.78 is 12.9. The van der Waals surface area contributed by atoms with Gasteiger partial charge in [-0.05, 0) is 51.5 Å². The molecule has 2 aliphatic rings. The second kappa shape index (κ2) is 11.1. The van der Waals surface area contributed by atoms with Gasteiger partial charge in [0.15, 0.2) is 0 Å². The zero-order chi connectivity index (χ0) is 28.4. The topological polar surface area (TPSA) is 84.3 Å². The van der Waals surface area contributed by atoms with Gasteiger partial charge in [0.05, 0.1) is 23.8 Å². The highest BCUT2D eigenvalue weighted by atomic mass is 16.6. The minimum absolute atomic E-state index is 0.141. The van der Waals surface area contributed by atoms with E-state index < -0.39 is 23.8 Å². The molecule has 1 aromatic heterocycles. The van der Waals surface area contributed by atoms with Crippen LogP contribution in [0.2, 0.25) is 0 Å². The molecule has 0 aliphatic carbocycles. The first-order valence-corrected chi connectivity index (χ1v) is 13.7. The fraction of sp³-hybridized carbons (Fsp3) is 0.387. The fourth-order valence-corrected chi connectivity index (χ4v) is 5.36. The molecule has 0 N–H and O–H groups in total. The average molecular weight is 545 g/mol. The summed E-state index contributed by atoms with van der Waals surface area (Å²) in [5.74, 6) is -0.141. The number of para-hydroxylation sites is 1. The number of hydrogen-bond donors (Lipinski definition) is 0. The number of carbonyl (C=O) groups is 3. The smallest absolute Gasteiger partial charge is 0.410 e. The van der Waals surface area contributed by atoms with Crippen LogP contribution in [0.3, 0.4) is 0 Å². The summed E-state index contributed by atoms with van der Waals surface area (Å²) in [4.78, 5) is 44.7. The van der Waals surface area contributed by atoms with Crippen molar-refractivity contribution in [2.45, 2.75) is 39.3 Å². The molecule has 0 unspecified atom stereocenters. The van der Waals surface area contributed by atoms with Gasteiger partial charge in [0.2, 0.25) is 0 Å². The maximum absolute atomic E-state index is 14.4. The number of hydrogen-bond acceptors (Lipinski definition) is 5. The highest BCUT2D eigenvalue weighted by Gasteiger charge is 2.38. The summed E-state index contributed by atoms with van der Waals surface area (Å²) >= 11 is 0. The summed E-state index contributed by atoms with van der Waals surface area (Å²) in [5, 5.41) is 0. The minimum Gasteiger partial charge on any atom is -0.448 e. The monoisotopic (exact) mass is 544 g/mol. The quantitative estimate of drug-likeness (QED) is 0.453. The van der Waals surface area contributed by atoms with E-state index in [1.54, 1.807) is 14.7 Å². The van der Waals surface area contributed by atoms with Crippen LogP contribution in [0.5, 0.6) is 0 Å². The van der Waals surface area contributed by atoms with Crippen LogP contribution in [-0.2, 0) is 9.47 Å². The Hall–Kier alpha value is -4.27. The van der Waals surface area contributed by atoms with E-state index in [4.69, 9.17) is 9.47 Å². The number of amides is 3. The van der Waals surface area contributed by atoms with Crippen LogP contribution in [0.15, 0.2) is 66.7 Å². The van der Waals surface area contributed by atoms with Crippen molar-refractivity contribution in [1.29, 1.82) is 0 Å². The molecular weight excluding hydrogens is 508 g/mol. The Kier molecular flexibility index (Phi) is 7.56. The molecule has 0 bridgehead atoms. The van der Waals surface area contributed by atoms with Gasteiger partial charge in [0, 0.05) is 37.6 Å². The van der Waals surface area contributed by atoms with Crippen molar-refractivity contribution in [3.63, 3.8) is 0 Å². The molecule has 0 radical (unpaired) electrons. The predicted octanol–water partition coefficient (Wildman–Crippen LogP) is 4.97. The van der Waals surface area contributed by atoms with Crippen molar-refractivity contribution >= 4 is 18.1 Å². The number of carbonyl (C=O) groups excluding carboxylic acids is 3. The molecule has 2 fully saturated rings. The fourth-order valence-electron chi connectivity index (χ4n) is 5.36. The first-order valence-electron chi connectivity index (χ1n) is 13.7. The number of cyclic esters (lactones) is 1. The van der Waals surface area contributed by atoms with Crippen LogP contribution < -0.4 is 0 Å². The second-order valence-corrected chi connectivity index (χ2v) is 11.2. The highest BCUT2D eigenvalue weighted by molar-refractivity contribution is 6.01. The summed E-state index contributed by atoms with van der Waals surface area (Å²) in [5.41, 5.74) is 3.57. The number of nitrogens with zero attached hydrogens (tertiary/aromatic N) is 4. The maximum atomic E-state index is 14.4. The molecule has 5 rings (SSSR count). The molecule has 2 saturated heterocycles. The Balaban J connectivity index is 1.52. The molecule has 3 aromatic rings. The first kappa shape index (κ1) is 27.3. The van der Waals surface area contributed by atoms with Gasteiger partial charge in [-0.1, -0.05) is 48.5 Å². The van der Waals surface area contributed by atoms with Crippen molar-refractivity contribution in [1.82, 2.24) is 19.3 Å². The van der Waals surface area contributed by atoms with Gasteiger partial charge >= 0.3 is 12.2 Å². The van der Waals surface area contributed by atoms with E-state index >= 15 is 0 Å². The van der Waals surface area contributed by atoms with Crippen LogP contribution >= 0.6 is 0 Å². The zero-order valence-corrected chi connectivity index (χ0v) is 23.5. The van der Waals surface area contributed by atoms with Crippen LogP contribution in [0.1, 0.15) is 36.8 Å². The average Bonchev–Trinajstić information content (AvgIpc) is 3.50. The molecule has 3 amide bonds. The standard InChI is InChI=1S/C31H36N4O5/c1-22-19-26(27(23-11-7-5-8-12-23)35(22)24-13-9-6-10-14-24)28(36)34-16-15-32(30(38)40-31(2,3)4)20-25(34)21-33-17-18-39-29(33)37/h5-14,19,25H,15-18,20-21H2,1-4H3/t25-/m0/s1. The lowest BCUT2D eigenvalue weighted by Crippen LogP contribution is -2.60. The van der Waals surface area contributed by atoms with E-state index in [9.17, 15) is 14.4 Å². The van der Waals surface area contributed by atoms with Crippen molar-refractivity contribution in [3.05, 3.63) is 78.0 Å². The number of piperazine rings is 1. The Bertz CT molecular complexity index is 1380. The SMILES string of the molecule is Cc1cc(C(=O)N2CCN(C(=O)OC(C)(C)C)C[C@H]2CN2CCOC2=O)c(-c2ccccc2)n1-c1ccccc1. The normalized spacial score (nSPS) is 17.6. The lowest BCUT2D eigenvalue weighted by atomic mass is 10.0.